The SMILES string of the molecule is CCc1cccc(CC)c1NC(=O)C(C)Oc1ccc(C(C)C)cc1. The van der Waals surface area contributed by atoms with Gasteiger partial charge in [-0.3, -0.25) is 4.79 Å². The standard InChI is InChI=1S/C22H29NO2/c1-6-17-9-8-10-18(7-2)21(17)23-22(24)16(5)25-20-13-11-19(12-14-20)15(3)4/h8-16H,6-7H2,1-5H3,(H,23,24). The van der Waals surface area contributed by atoms with E-state index in [2.05, 4.69) is 45.1 Å². The van der Waals surface area contributed by atoms with Crippen LogP contribution in [-0.4, -0.2) is 12.0 Å². The van der Waals surface area contributed by atoms with Gasteiger partial charge >= 0.3 is 0 Å². The minimum Gasteiger partial charge on any atom is -0.481 e. The second kappa shape index (κ2) is 8.70. The molecule has 0 bridgehead atoms. The van der Waals surface area contributed by atoms with Crippen LogP contribution in [0.1, 0.15) is 57.2 Å². The predicted molar refractivity (Wildman–Crippen MR) is 104 cm³/mol. The zero-order valence-corrected chi connectivity index (χ0v) is 15.9. The lowest BCUT2D eigenvalue weighted by molar-refractivity contribution is -0.122. The maximum Gasteiger partial charge on any atom is 0.265 e. The average molecular weight is 339 g/mol. The summed E-state index contributed by atoms with van der Waals surface area (Å²) in [4.78, 5) is 12.6. The van der Waals surface area contributed by atoms with Crippen molar-refractivity contribution in [1.29, 1.82) is 0 Å². The van der Waals surface area contributed by atoms with Gasteiger partial charge in [-0.15, -0.1) is 0 Å². The molecule has 0 saturated carbocycles. The Morgan fingerprint density at radius 3 is 2.00 bits per heavy atom. The molecule has 0 aliphatic rings. The van der Waals surface area contributed by atoms with Gasteiger partial charge in [0, 0.05) is 5.69 Å². The van der Waals surface area contributed by atoms with Gasteiger partial charge < -0.3 is 10.1 Å². The van der Waals surface area contributed by atoms with E-state index in [4.69, 9.17) is 4.74 Å². The zero-order valence-electron chi connectivity index (χ0n) is 15.9. The van der Waals surface area contributed by atoms with E-state index in [0.717, 1.165) is 29.7 Å². The molecule has 2 aromatic carbocycles. The second-order valence-corrected chi connectivity index (χ2v) is 6.63. The summed E-state index contributed by atoms with van der Waals surface area (Å²) < 4.78 is 5.82. The fraction of sp³-hybridized carbons (Fsp3) is 0.409. The van der Waals surface area contributed by atoms with E-state index in [-0.39, 0.29) is 5.91 Å². The molecule has 0 aliphatic heterocycles. The number of carbonyl (C=O) groups is 1. The van der Waals surface area contributed by atoms with Gasteiger partial charge in [0.05, 0.1) is 0 Å². The highest BCUT2D eigenvalue weighted by Crippen LogP contribution is 2.24. The number of benzene rings is 2. The van der Waals surface area contributed by atoms with Crippen LogP contribution in [0.2, 0.25) is 0 Å². The molecule has 3 nitrogen and oxygen atoms in total. The molecule has 0 aliphatic carbocycles. The van der Waals surface area contributed by atoms with Crippen LogP contribution >= 0.6 is 0 Å². The van der Waals surface area contributed by atoms with Crippen LogP contribution in [0.15, 0.2) is 42.5 Å². The molecule has 1 unspecified atom stereocenters. The lowest BCUT2D eigenvalue weighted by Crippen LogP contribution is -2.31. The van der Waals surface area contributed by atoms with Gasteiger partial charge in [0.2, 0.25) is 0 Å². The van der Waals surface area contributed by atoms with Crippen molar-refractivity contribution in [3.8, 4) is 5.75 Å². The third kappa shape index (κ3) is 4.85. The van der Waals surface area contributed by atoms with E-state index in [1.165, 1.54) is 5.56 Å². The van der Waals surface area contributed by atoms with Crippen LogP contribution in [0.25, 0.3) is 0 Å². The monoisotopic (exact) mass is 339 g/mol. The highest BCUT2D eigenvalue weighted by molar-refractivity contribution is 5.95. The number of aryl methyl sites for hydroxylation is 2. The summed E-state index contributed by atoms with van der Waals surface area (Å²) in [7, 11) is 0. The Kier molecular flexibility index (Phi) is 6.63. The van der Waals surface area contributed by atoms with Crippen LogP contribution in [0.5, 0.6) is 5.75 Å². The maximum absolute atomic E-state index is 12.6. The summed E-state index contributed by atoms with van der Waals surface area (Å²) in [6, 6.07) is 14.1. The van der Waals surface area contributed by atoms with Gasteiger partial charge in [0.1, 0.15) is 5.75 Å². The highest BCUT2D eigenvalue weighted by Gasteiger charge is 2.17. The number of carbonyl (C=O) groups excluding carboxylic acids is 1. The lowest BCUT2D eigenvalue weighted by Gasteiger charge is -2.18. The molecule has 0 aromatic heterocycles. The van der Waals surface area contributed by atoms with E-state index in [9.17, 15) is 4.79 Å². The molecular formula is C22H29NO2. The number of para-hydroxylation sites is 1. The number of hydrogen-bond donors (Lipinski definition) is 1. The summed E-state index contributed by atoms with van der Waals surface area (Å²) in [5, 5.41) is 3.07. The number of hydrogen-bond acceptors (Lipinski definition) is 2. The van der Waals surface area contributed by atoms with E-state index in [1.807, 2.05) is 30.3 Å². The van der Waals surface area contributed by atoms with Gasteiger partial charge in [-0.1, -0.05) is 58.0 Å². The number of ether oxygens (including phenoxy) is 1. The van der Waals surface area contributed by atoms with Gasteiger partial charge in [-0.2, -0.15) is 0 Å². The average Bonchev–Trinajstić information content (AvgIpc) is 2.62. The molecule has 0 fully saturated rings. The fourth-order valence-electron chi connectivity index (χ4n) is 2.82. The third-order valence-corrected chi connectivity index (χ3v) is 4.48. The van der Waals surface area contributed by atoms with Crippen molar-refractivity contribution in [1.82, 2.24) is 0 Å². The first-order valence-electron chi connectivity index (χ1n) is 9.14. The van der Waals surface area contributed by atoms with Crippen LogP contribution in [-0.2, 0) is 17.6 Å². The molecule has 0 heterocycles. The summed E-state index contributed by atoms with van der Waals surface area (Å²) in [5.74, 6) is 1.07. The van der Waals surface area contributed by atoms with Crippen molar-refractivity contribution in [2.75, 3.05) is 5.32 Å². The van der Waals surface area contributed by atoms with Crippen LogP contribution in [0, 0.1) is 0 Å². The number of rotatable bonds is 7. The van der Waals surface area contributed by atoms with E-state index < -0.39 is 6.10 Å². The Labute approximate surface area is 151 Å². The Bertz CT molecular complexity index is 682. The smallest absolute Gasteiger partial charge is 0.265 e. The van der Waals surface area contributed by atoms with Gasteiger partial charge in [-0.05, 0) is 54.5 Å². The quantitative estimate of drug-likeness (QED) is 0.739. The molecule has 0 spiro atoms. The third-order valence-electron chi connectivity index (χ3n) is 4.48. The van der Waals surface area contributed by atoms with E-state index in [0.29, 0.717) is 11.7 Å². The number of amides is 1. The van der Waals surface area contributed by atoms with Crippen molar-refractivity contribution >= 4 is 11.6 Å². The van der Waals surface area contributed by atoms with Crippen LogP contribution in [0.3, 0.4) is 0 Å². The number of anilines is 1. The van der Waals surface area contributed by atoms with Gasteiger partial charge in [-0.25, -0.2) is 0 Å². The molecular weight excluding hydrogens is 310 g/mol. The topological polar surface area (TPSA) is 38.3 Å². The molecule has 1 N–H and O–H groups in total. The first kappa shape index (κ1) is 19.0. The molecule has 1 amide bonds. The molecule has 134 valence electrons. The molecule has 0 saturated heterocycles. The summed E-state index contributed by atoms with van der Waals surface area (Å²) in [6.07, 6.45) is 1.21. The van der Waals surface area contributed by atoms with Gasteiger partial charge in [0.25, 0.3) is 5.91 Å². The Morgan fingerprint density at radius 2 is 1.52 bits per heavy atom. The Balaban J connectivity index is 2.08. The van der Waals surface area contributed by atoms with Crippen LogP contribution < -0.4 is 10.1 Å². The first-order valence-corrected chi connectivity index (χ1v) is 9.14. The molecule has 3 heteroatoms. The van der Waals surface area contributed by atoms with Crippen molar-refractivity contribution in [2.24, 2.45) is 0 Å². The van der Waals surface area contributed by atoms with Crippen LogP contribution in [0.4, 0.5) is 5.69 Å². The van der Waals surface area contributed by atoms with Crippen molar-refractivity contribution in [3.63, 3.8) is 0 Å². The second-order valence-electron chi connectivity index (χ2n) is 6.63. The predicted octanol–water partition coefficient (Wildman–Crippen LogP) is 5.34. The van der Waals surface area contributed by atoms with Gasteiger partial charge in [0.15, 0.2) is 6.10 Å². The minimum absolute atomic E-state index is 0.122. The summed E-state index contributed by atoms with van der Waals surface area (Å²) in [6.45, 7) is 10.3. The van der Waals surface area contributed by atoms with Crippen molar-refractivity contribution in [2.45, 2.75) is 59.5 Å². The molecule has 0 radical (unpaired) electrons. The molecule has 2 rings (SSSR count). The Hall–Kier alpha value is -2.29. The highest BCUT2D eigenvalue weighted by atomic mass is 16.5. The minimum atomic E-state index is -0.556. The number of nitrogens with one attached hydrogen (secondary N) is 1. The fourth-order valence-corrected chi connectivity index (χ4v) is 2.82. The normalized spacial score (nSPS) is 12.1. The first-order chi connectivity index (χ1) is 12.0. The maximum atomic E-state index is 12.6. The van der Waals surface area contributed by atoms with Crippen molar-refractivity contribution in [3.05, 3.63) is 59.2 Å². The summed E-state index contributed by atoms with van der Waals surface area (Å²) >= 11 is 0. The van der Waals surface area contributed by atoms with E-state index >= 15 is 0 Å². The zero-order chi connectivity index (χ0) is 18.4. The lowest BCUT2D eigenvalue weighted by atomic mass is 10.0. The molecule has 1 atom stereocenters. The summed E-state index contributed by atoms with van der Waals surface area (Å²) in [5.41, 5.74) is 4.50. The van der Waals surface area contributed by atoms with Crippen molar-refractivity contribution < 1.29 is 9.53 Å². The molecule has 25 heavy (non-hydrogen) atoms. The van der Waals surface area contributed by atoms with E-state index in [1.54, 1.807) is 6.92 Å². The largest absolute Gasteiger partial charge is 0.481 e. The molecule has 2 aromatic rings. The Morgan fingerprint density at radius 1 is 0.960 bits per heavy atom.